The Bertz CT molecular complexity index is 423. The molecule has 0 aromatic carbocycles. The van der Waals surface area contributed by atoms with Gasteiger partial charge in [0, 0.05) is 6.54 Å². The third-order valence-corrected chi connectivity index (χ3v) is 2.64. The average molecular weight is 241 g/mol. The first-order valence-corrected chi connectivity index (χ1v) is 4.66. The number of aromatic nitrogens is 1. The van der Waals surface area contributed by atoms with E-state index in [1.54, 1.807) is 0 Å². The fraction of sp³-hybridized carbons (Fsp3) is 0.556. The summed E-state index contributed by atoms with van der Waals surface area (Å²) in [6.45, 7) is -0.0504. The molecular formula is C9H8F5NO. The molecule has 1 N–H and O–H groups in total. The molecule has 2 rings (SSSR count). The van der Waals surface area contributed by atoms with Crippen LogP contribution in [0.15, 0.2) is 0 Å². The lowest BCUT2D eigenvalue weighted by molar-refractivity contribution is -0.141. The van der Waals surface area contributed by atoms with Gasteiger partial charge in [-0.25, -0.2) is 4.39 Å². The molecular weight excluding hydrogens is 233 g/mol. The van der Waals surface area contributed by atoms with Crippen LogP contribution in [0.3, 0.4) is 0 Å². The van der Waals surface area contributed by atoms with Gasteiger partial charge >= 0.3 is 6.18 Å². The van der Waals surface area contributed by atoms with E-state index < -0.39 is 35.3 Å². The van der Waals surface area contributed by atoms with Crippen molar-refractivity contribution < 1.29 is 27.1 Å². The summed E-state index contributed by atoms with van der Waals surface area (Å²) in [4.78, 5) is 0. The molecule has 1 aliphatic rings. The number of alkyl halides is 3. The SMILES string of the molecule is OC1CCCn2c(F)c(F)c(C(F)(F)F)c21. The Balaban J connectivity index is 2.69. The summed E-state index contributed by atoms with van der Waals surface area (Å²) in [5, 5.41) is 9.39. The number of hydrogen-bond acceptors (Lipinski definition) is 1. The third-order valence-electron chi connectivity index (χ3n) is 2.64. The number of fused-ring (bicyclic) bond motifs is 1. The van der Waals surface area contributed by atoms with E-state index in [0.717, 1.165) is 0 Å². The van der Waals surface area contributed by atoms with E-state index in [9.17, 15) is 27.1 Å². The van der Waals surface area contributed by atoms with Crippen molar-refractivity contribution in [3.05, 3.63) is 23.0 Å². The van der Waals surface area contributed by atoms with Crippen molar-refractivity contribution in [2.24, 2.45) is 0 Å². The number of aliphatic hydroxyl groups excluding tert-OH is 1. The highest BCUT2D eigenvalue weighted by Crippen LogP contribution is 2.41. The number of aliphatic hydroxyl groups is 1. The maximum Gasteiger partial charge on any atom is 0.421 e. The summed E-state index contributed by atoms with van der Waals surface area (Å²) in [6, 6.07) is 0. The van der Waals surface area contributed by atoms with Crippen molar-refractivity contribution in [3.8, 4) is 0 Å². The van der Waals surface area contributed by atoms with Gasteiger partial charge in [-0.15, -0.1) is 0 Å². The summed E-state index contributed by atoms with van der Waals surface area (Å²) >= 11 is 0. The molecule has 0 fully saturated rings. The quantitative estimate of drug-likeness (QED) is 0.694. The van der Waals surface area contributed by atoms with Crippen LogP contribution in [0.2, 0.25) is 0 Å². The number of nitrogens with zero attached hydrogens (tertiary/aromatic N) is 1. The Morgan fingerprint density at radius 3 is 2.44 bits per heavy atom. The van der Waals surface area contributed by atoms with Gasteiger partial charge in [-0.1, -0.05) is 0 Å². The van der Waals surface area contributed by atoms with E-state index in [-0.39, 0.29) is 13.0 Å². The van der Waals surface area contributed by atoms with E-state index in [2.05, 4.69) is 0 Å². The summed E-state index contributed by atoms with van der Waals surface area (Å²) in [7, 11) is 0. The second kappa shape index (κ2) is 3.44. The molecule has 1 aromatic rings. The maximum absolute atomic E-state index is 13.2. The van der Waals surface area contributed by atoms with Crippen LogP contribution in [-0.2, 0) is 12.7 Å². The highest BCUT2D eigenvalue weighted by Gasteiger charge is 2.44. The molecule has 2 heterocycles. The van der Waals surface area contributed by atoms with E-state index >= 15 is 0 Å². The summed E-state index contributed by atoms with van der Waals surface area (Å²) < 4.78 is 64.3. The molecule has 0 saturated heterocycles. The van der Waals surface area contributed by atoms with Crippen LogP contribution in [0.4, 0.5) is 22.0 Å². The molecule has 0 saturated carbocycles. The fourth-order valence-corrected chi connectivity index (χ4v) is 1.99. The smallest absolute Gasteiger partial charge is 0.387 e. The summed E-state index contributed by atoms with van der Waals surface area (Å²) in [5.41, 5.74) is -2.38. The van der Waals surface area contributed by atoms with Crippen LogP contribution in [-0.4, -0.2) is 9.67 Å². The molecule has 1 atom stereocenters. The second-order valence-electron chi connectivity index (χ2n) is 3.67. The highest BCUT2D eigenvalue weighted by molar-refractivity contribution is 5.31. The topological polar surface area (TPSA) is 25.2 Å². The zero-order valence-corrected chi connectivity index (χ0v) is 7.98. The highest BCUT2D eigenvalue weighted by atomic mass is 19.4. The number of rotatable bonds is 0. The molecule has 90 valence electrons. The standard InChI is InChI=1S/C9H8F5NO/c10-6-5(9(12,13)14)7-4(16)2-1-3-15(7)8(6)11/h4,16H,1-3H2. The number of halogens is 5. The first-order valence-electron chi connectivity index (χ1n) is 4.66. The van der Waals surface area contributed by atoms with Crippen molar-refractivity contribution in [2.75, 3.05) is 0 Å². The minimum absolute atomic E-state index is 0.0504. The molecule has 7 heteroatoms. The van der Waals surface area contributed by atoms with E-state index in [1.807, 2.05) is 0 Å². The zero-order chi connectivity index (χ0) is 12.1. The van der Waals surface area contributed by atoms with Gasteiger partial charge in [0.2, 0.25) is 5.95 Å². The van der Waals surface area contributed by atoms with Crippen molar-refractivity contribution in [1.29, 1.82) is 0 Å². The first kappa shape index (κ1) is 11.4. The van der Waals surface area contributed by atoms with Crippen LogP contribution in [0, 0.1) is 11.8 Å². The lowest BCUT2D eigenvalue weighted by Crippen LogP contribution is -2.20. The molecule has 0 bridgehead atoms. The molecule has 0 aliphatic carbocycles. The predicted molar refractivity (Wildman–Crippen MR) is 43.5 cm³/mol. The minimum Gasteiger partial charge on any atom is -0.387 e. The van der Waals surface area contributed by atoms with Crippen molar-refractivity contribution >= 4 is 0 Å². The molecule has 2 nitrogen and oxygen atoms in total. The van der Waals surface area contributed by atoms with Gasteiger partial charge in [-0.05, 0) is 12.8 Å². The minimum atomic E-state index is -5.00. The second-order valence-corrected chi connectivity index (χ2v) is 3.67. The van der Waals surface area contributed by atoms with Gasteiger partial charge < -0.3 is 9.67 Å². The molecule has 1 unspecified atom stereocenters. The van der Waals surface area contributed by atoms with Crippen LogP contribution in [0.25, 0.3) is 0 Å². The van der Waals surface area contributed by atoms with Crippen molar-refractivity contribution in [2.45, 2.75) is 31.7 Å². The molecule has 1 aromatic heterocycles. The van der Waals surface area contributed by atoms with Gasteiger partial charge in [0.05, 0.1) is 11.8 Å². The molecule has 0 amide bonds. The first-order chi connectivity index (χ1) is 7.34. The Morgan fingerprint density at radius 1 is 1.25 bits per heavy atom. The Hall–Kier alpha value is -1.11. The monoisotopic (exact) mass is 241 g/mol. The van der Waals surface area contributed by atoms with Gasteiger partial charge in [-0.3, -0.25) is 0 Å². The number of hydrogen-bond donors (Lipinski definition) is 1. The lowest BCUT2D eigenvalue weighted by atomic mass is 10.0. The lowest BCUT2D eigenvalue weighted by Gasteiger charge is -2.22. The Morgan fingerprint density at radius 2 is 1.88 bits per heavy atom. The van der Waals surface area contributed by atoms with Crippen molar-refractivity contribution in [3.63, 3.8) is 0 Å². The van der Waals surface area contributed by atoms with E-state index in [1.165, 1.54) is 0 Å². The normalized spacial score (nSPS) is 21.0. The molecule has 16 heavy (non-hydrogen) atoms. The predicted octanol–water partition coefficient (Wildman–Crippen LogP) is 2.61. The zero-order valence-electron chi connectivity index (χ0n) is 7.98. The van der Waals surface area contributed by atoms with Gasteiger partial charge in [0.25, 0.3) is 0 Å². The third kappa shape index (κ3) is 1.50. The largest absolute Gasteiger partial charge is 0.421 e. The maximum atomic E-state index is 13.2. The molecule has 1 aliphatic heterocycles. The molecule has 0 spiro atoms. The van der Waals surface area contributed by atoms with Crippen molar-refractivity contribution in [1.82, 2.24) is 4.57 Å². The summed E-state index contributed by atoms with van der Waals surface area (Å²) in [5.74, 6) is -3.48. The fourth-order valence-electron chi connectivity index (χ4n) is 1.99. The van der Waals surface area contributed by atoms with Gasteiger partial charge in [-0.2, -0.15) is 17.6 Å². The Kier molecular flexibility index (Phi) is 2.45. The van der Waals surface area contributed by atoms with Crippen LogP contribution in [0.5, 0.6) is 0 Å². The average Bonchev–Trinajstić information content (AvgIpc) is 2.42. The van der Waals surface area contributed by atoms with Gasteiger partial charge in [0.15, 0.2) is 5.82 Å². The Labute approximate surface area is 87.3 Å². The molecule has 0 radical (unpaired) electrons. The van der Waals surface area contributed by atoms with Gasteiger partial charge in [0.1, 0.15) is 5.56 Å². The van der Waals surface area contributed by atoms with Crippen LogP contribution < -0.4 is 0 Å². The van der Waals surface area contributed by atoms with E-state index in [0.29, 0.717) is 11.0 Å². The van der Waals surface area contributed by atoms with Crippen LogP contribution in [0.1, 0.15) is 30.2 Å². The van der Waals surface area contributed by atoms with E-state index in [4.69, 9.17) is 0 Å². The van der Waals surface area contributed by atoms with Crippen LogP contribution >= 0.6 is 0 Å². The summed E-state index contributed by atoms with van der Waals surface area (Å²) in [6.07, 6.45) is -6.07.